The number of nitrogens with zero attached hydrogens (tertiary/aromatic N) is 1. The minimum atomic E-state index is -0.437. The summed E-state index contributed by atoms with van der Waals surface area (Å²) in [7, 11) is 0. The van der Waals surface area contributed by atoms with Gasteiger partial charge in [-0.1, -0.05) is 33.6 Å². The molecule has 2 aromatic rings. The molecule has 5 heteroatoms. The van der Waals surface area contributed by atoms with Gasteiger partial charge in [0, 0.05) is 15.1 Å². The fourth-order valence-corrected chi connectivity index (χ4v) is 2.05. The average Bonchev–Trinajstić information content (AvgIpc) is 2.40. The van der Waals surface area contributed by atoms with Crippen LogP contribution in [0.4, 0.5) is 4.39 Å². The number of hydrogen-bond donors (Lipinski definition) is 0. The Morgan fingerprint density at radius 3 is 2.74 bits per heavy atom. The highest BCUT2D eigenvalue weighted by Crippen LogP contribution is 2.25. The van der Waals surface area contributed by atoms with Crippen molar-refractivity contribution in [2.75, 3.05) is 0 Å². The first-order valence-electron chi connectivity index (χ1n) is 5.36. The van der Waals surface area contributed by atoms with Gasteiger partial charge in [0.2, 0.25) is 0 Å². The Kier molecular flexibility index (Phi) is 4.41. The van der Waals surface area contributed by atoms with Gasteiger partial charge in [-0.05, 0) is 30.3 Å². The van der Waals surface area contributed by atoms with Gasteiger partial charge in [0.05, 0.1) is 11.6 Å². The van der Waals surface area contributed by atoms with E-state index in [0.717, 1.165) is 4.47 Å². The molecule has 2 nitrogen and oxygen atoms in total. The third kappa shape index (κ3) is 3.46. The molecule has 0 spiro atoms. The van der Waals surface area contributed by atoms with Crippen LogP contribution in [0.3, 0.4) is 0 Å². The molecule has 0 aliphatic carbocycles. The Bertz CT molecular complexity index is 654. The predicted molar refractivity (Wildman–Crippen MR) is 74.6 cm³/mol. The van der Waals surface area contributed by atoms with E-state index >= 15 is 0 Å². The van der Waals surface area contributed by atoms with Crippen molar-refractivity contribution in [1.29, 1.82) is 5.26 Å². The molecule has 0 aromatic heterocycles. The molecule has 0 bridgehead atoms. The zero-order valence-corrected chi connectivity index (χ0v) is 12.0. The van der Waals surface area contributed by atoms with Gasteiger partial charge in [-0.25, -0.2) is 4.39 Å². The topological polar surface area (TPSA) is 33.0 Å². The van der Waals surface area contributed by atoms with E-state index < -0.39 is 5.82 Å². The largest absolute Gasteiger partial charge is 0.486 e. The summed E-state index contributed by atoms with van der Waals surface area (Å²) in [4.78, 5) is 0. The molecule has 0 fully saturated rings. The fourth-order valence-electron chi connectivity index (χ4n) is 1.48. The van der Waals surface area contributed by atoms with Crippen LogP contribution < -0.4 is 4.74 Å². The summed E-state index contributed by atoms with van der Waals surface area (Å²) >= 11 is 9.26. The third-order valence-electron chi connectivity index (χ3n) is 2.46. The Morgan fingerprint density at radius 2 is 2.05 bits per heavy atom. The van der Waals surface area contributed by atoms with Crippen LogP contribution in [0, 0.1) is 17.1 Å². The monoisotopic (exact) mass is 339 g/mol. The molecular formula is C14H8BrClFNO. The minimum Gasteiger partial charge on any atom is -0.486 e. The van der Waals surface area contributed by atoms with Crippen molar-refractivity contribution in [3.63, 3.8) is 0 Å². The number of benzene rings is 2. The molecule has 2 aromatic carbocycles. The Morgan fingerprint density at radius 1 is 1.26 bits per heavy atom. The van der Waals surface area contributed by atoms with Crippen molar-refractivity contribution in [1.82, 2.24) is 0 Å². The average molecular weight is 341 g/mol. The second kappa shape index (κ2) is 6.05. The van der Waals surface area contributed by atoms with E-state index in [1.54, 1.807) is 30.3 Å². The number of hydrogen-bond acceptors (Lipinski definition) is 2. The Balaban J connectivity index is 2.15. The molecule has 0 saturated heterocycles. The molecule has 0 unspecified atom stereocenters. The third-order valence-corrected chi connectivity index (χ3v) is 3.30. The summed E-state index contributed by atoms with van der Waals surface area (Å²) in [5, 5.41) is 9.16. The van der Waals surface area contributed by atoms with Crippen LogP contribution in [0.25, 0.3) is 0 Å². The maximum absolute atomic E-state index is 13.5. The van der Waals surface area contributed by atoms with Gasteiger partial charge in [-0.15, -0.1) is 0 Å². The SMILES string of the molecule is N#Cc1ccc(COc2cc(Br)ccc2F)c(Cl)c1. The van der Waals surface area contributed by atoms with Crippen molar-refractivity contribution < 1.29 is 9.13 Å². The van der Waals surface area contributed by atoms with Gasteiger partial charge in [-0.3, -0.25) is 0 Å². The molecule has 2 rings (SSSR count). The fraction of sp³-hybridized carbons (Fsp3) is 0.0714. The zero-order chi connectivity index (χ0) is 13.8. The molecule has 0 radical (unpaired) electrons. The van der Waals surface area contributed by atoms with E-state index in [-0.39, 0.29) is 12.4 Å². The molecule has 0 amide bonds. The zero-order valence-electron chi connectivity index (χ0n) is 9.66. The molecule has 0 aliphatic rings. The second-order valence-electron chi connectivity index (χ2n) is 3.78. The van der Waals surface area contributed by atoms with Crippen LogP contribution in [0.15, 0.2) is 40.9 Å². The van der Waals surface area contributed by atoms with Crippen molar-refractivity contribution in [3.8, 4) is 11.8 Å². The maximum atomic E-state index is 13.5. The van der Waals surface area contributed by atoms with E-state index in [1.807, 2.05) is 6.07 Å². The van der Waals surface area contributed by atoms with Crippen LogP contribution in [0.1, 0.15) is 11.1 Å². The van der Waals surface area contributed by atoms with Crippen LogP contribution in [-0.4, -0.2) is 0 Å². The van der Waals surface area contributed by atoms with Crippen LogP contribution in [0.2, 0.25) is 5.02 Å². The molecule has 19 heavy (non-hydrogen) atoms. The first kappa shape index (κ1) is 13.9. The summed E-state index contributed by atoms with van der Waals surface area (Å²) in [6.07, 6.45) is 0. The van der Waals surface area contributed by atoms with E-state index in [0.29, 0.717) is 16.1 Å². The molecule has 96 valence electrons. The van der Waals surface area contributed by atoms with Crippen LogP contribution in [-0.2, 0) is 6.61 Å². The molecular weight excluding hydrogens is 333 g/mol. The number of ether oxygens (including phenoxy) is 1. The lowest BCUT2D eigenvalue weighted by molar-refractivity contribution is 0.290. The summed E-state index contributed by atoms with van der Waals surface area (Å²) in [6.45, 7) is 0.137. The van der Waals surface area contributed by atoms with Crippen LogP contribution in [0.5, 0.6) is 5.75 Å². The summed E-state index contributed by atoms with van der Waals surface area (Å²) in [6, 6.07) is 11.3. The molecule has 0 saturated carbocycles. The lowest BCUT2D eigenvalue weighted by Gasteiger charge is -2.09. The van der Waals surface area contributed by atoms with E-state index in [4.69, 9.17) is 21.6 Å². The number of halogens is 3. The summed E-state index contributed by atoms with van der Waals surface area (Å²) < 4.78 is 19.6. The van der Waals surface area contributed by atoms with Gasteiger partial charge >= 0.3 is 0 Å². The standard InChI is InChI=1S/C14H8BrClFNO/c15-11-3-4-13(17)14(6-11)19-8-10-2-1-9(7-18)5-12(10)16/h1-6H,8H2. The first-order valence-corrected chi connectivity index (χ1v) is 6.53. The Labute approximate surface area is 123 Å². The molecule has 0 heterocycles. The van der Waals surface area contributed by atoms with E-state index in [2.05, 4.69) is 15.9 Å². The Hall–Kier alpha value is -1.57. The number of nitriles is 1. The first-order chi connectivity index (χ1) is 9.10. The van der Waals surface area contributed by atoms with Gasteiger partial charge in [-0.2, -0.15) is 5.26 Å². The minimum absolute atomic E-state index is 0.137. The highest BCUT2D eigenvalue weighted by Gasteiger charge is 2.07. The number of rotatable bonds is 3. The summed E-state index contributed by atoms with van der Waals surface area (Å²) in [5.74, 6) is -0.289. The molecule has 0 atom stereocenters. The quantitative estimate of drug-likeness (QED) is 0.812. The maximum Gasteiger partial charge on any atom is 0.165 e. The van der Waals surface area contributed by atoms with Crippen molar-refractivity contribution in [3.05, 3.63) is 62.8 Å². The van der Waals surface area contributed by atoms with Gasteiger partial charge in [0.1, 0.15) is 6.61 Å². The van der Waals surface area contributed by atoms with Crippen LogP contribution >= 0.6 is 27.5 Å². The van der Waals surface area contributed by atoms with E-state index in [9.17, 15) is 4.39 Å². The second-order valence-corrected chi connectivity index (χ2v) is 5.10. The van der Waals surface area contributed by atoms with E-state index in [1.165, 1.54) is 6.07 Å². The highest BCUT2D eigenvalue weighted by molar-refractivity contribution is 9.10. The van der Waals surface area contributed by atoms with Crippen molar-refractivity contribution in [2.24, 2.45) is 0 Å². The lowest BCUT2D eigenvalue weighted by atomic mass is 10.1. The van der Waals surface area contributed by atoms with Crippen molar-refractivity contribution >= 4 is 27.5 Å². The smallest absolute Gasteiger partial charge is 0.165 e. The predicted octanol–water partition coefficient (Wildman–Crippen LogP) is 4.69. The van der Waals surface area contributed by atoms with Gasteiger partial charge in [0.15, 0.2) is 11.6 Å². The normalized spacial score (nSPS) is 10.0. The summed E-state index contributed by atoms with van der Waals surface area (Å²) in [5.41, 5.74) is 1.17. The highest BCUT2D eigenvalue weighted by atomic mass is 79.9. The lowest BCUT2D eigenvalue weighted by Crippen LogP contribution is -1.98. The molecule has 0 N–H and O–H groups in total. The van der Waals surface area contributed by atoms with Gasteiger partial charge < -0.3 is 4.74 Å². The van der Waals surface area contributed by atoms with Crippen molar-refractivity contribution in [2.45, 2.75) is 6.61 Å². The molecule has 0 aliphatic heterocycles. The van der Waals surface area contributed by atoms with Gasteiger partial charge in [0.25, 0.3) is 0 Å².